The molecule has 1 aliphatic heterocycles. The summed E-state index contributed by atoms with van der Waals surface area (Å²) in [5.74, 6) is 1.35. The van der Waals surface area contributed by atoms with Crippen molar-refractivity contribution in [1.82, 2.24) is 14.9 Å². The van der Waals surface area contributed by atoms with E-state index < -0.39 is 0 Å². The van der Waals surface area contributed by atoms with Crippen molar-refractivity contribution in [1.29, 1.82) is 0 Å². The third kappa shape index (κ3) is 4.53. The molecule has 6 heteroatoms. The van der Waals surface area contributed by atoms with Crippen molar-refractivity contribution in [3.8, 4) is 0 Å². The van der Waals surface area contributed by atoms with Gasteiger partial charge in [0.2, 0.25) is 5.91 Å². The highest BCUT2D eigenvalue weighted by atomic mass is 19.1. The van der Waals surface area contributed by atoms with E-state index >= 15 is 0 Å². The maximum absolute atomic E-state index is 13.0. The number of benzene rings is 1. The minimum atomic E-state index is -0.266. The van der Waals surface area contributed by atoms with Crippen molar-refractivity contribution >= 4 is 11.7 Å². The first-order valence-electron chi connectivity index (χ1n) is 8.67. The van der Waals surface area contributed by atoms with Crippen LogP contribution in [0.2, 0.25) is 0 Å². The number of hydrogen-bond donors (Lipinski definition) is 1. The molecule has 1 aromatic heterocycles. The van der Waals surface area contributed by atoms with Gasteiger partial charge in [-0.25, -0.2) is 14.4 Å². The molecule has 0 spiro atoms. The fourth-order valence-electron chi connectivity index (χ4n) is 3.13. The molecular formula is C19H23FN4O. The molecule has 1 aliphatic rings. The topological polar surface area (TPSA) is 58.1 Å². The lowest BCUT2D eigenvalue weighted by Crippen LogP contribution is -2.27. The Morgan fingerprint density at radius 1 is 1.28 bits per heavy atom. The van der Waals surface area contributed by atoms with Gasteiger partial charge in [0, 0.05) is 31.3 Å². The highest BCUT2D eigenvalue weighted by molar-refractivity contribution is 5.80. The molecular weight excluding hydrogens is 319 g/mol. The van der Waals surface area contributed by atoms with Crippen molar-refractivity contribution < 1.29 is 9.18 Å². The smallest absolute Gasteiger partial charge is 0.225 e. The minimum Gasteiger partial charge on any atom is -0.365 e. The zero-order valence-corrected chi connectivity index (χ0v) is 14.6. The van der Waals surface area contributed by atoms with Gasteiger partial charge >= 0.3 is 0 Å². The summed E-state index contributed by atoms with van der Waals surface area (Å²) < 4.78 is 13.0. The van der Waals surface area contributed by atoms with Gasteiger partial charge in [0.05, 0.1) is 6.04 Å². The molecule has 1 unspecified atom stereocenters. The molecule has 2 aromatic rings. The zero-order chi connectivity index (χ0) is 17.8. The Morgan fingerprint density at radius 3 is 2.76 bits per heavy atom. The lowest BCUT2D eigenvalue weighted by atomic mass is 10.2. The summed E-state index contributed by atoms with van der Waals surface area (Å²) in [6.07, 6.45) is 2.38. The summed E-state index contributed by atoms with van der Waals surface area (Å²) in [7, 11) is 0. The lowest BCUT2D eigenvalue weighted by Gasteiger charge is -2.18. The van der Waals surface area contributed by atoms with Gasteiger partial charge < -0.3 is 10.2 Å². The Labute approximate surface area is 147 Å². The monoisotopic (exact) mass is 342 g/mol. The summed E-state index contributed by atoms with van der Waals surface area (Å²) >= 11 is 0. The summed E-state index contributed by atoms with van der Waals surface area (Å²) in [5.41, 5.74) is 1.95. The molecule has 1 N–H and O–H groups in total. The van der Waals surface area contributed by atoms with Crippen molar-refractivity contribution in [3.63, 3.8) is 0 Å². The fourth-order valence-corrected chi connectivity index (χ4v) is 3.13. The number of aryl methyl sites for hydroxylation is 2. The fraction of sp³-hybridized carbons (Fsp3) is 0.421. The van der Waals surface area contributed by atoms with E-state index in [1.54, 1.807) is 17.0 Å². The largest absolute Gasteiger partial charge is 0.365 e. The molecule has 2 heterocycles. The van der Waals surface area contributed by atoms with Gasteiger partial charge in [-0.15, -0.1) is 0 Å². The minimum absolute atomic E-state index is 0.0247. The first kappa shape index (κ1) is 17.3. The van der Waals surface area contributed by atoms with Crippen LogP contribution in [0.15, 0.2) is 30.3 Å². The molecule has 0 radical (unpaired) electrons. The van der Waals surface area contributed by atoms with Crippen LogP contribution in [0, 0.1) is 12.7 Å². The number of rotatable bonds is 6. The first-order chi connectivity index (χ1) is 12.0. The van der Waals surface area contributed by atoms with E-state index in [1.165, 1.54) is 12.1 Å². The summed E-state index contributed by atoms with van der Waals surface area (Å²) in [4.78, 5) is 22.9. The molecule has 3 rings (SSSR count). The van der Waals surface area contributed by atoms with E-state index in [4.69, 9.17) is 0 Å². The number of nitrogens with one attached hydrogen (secondary N) is 1. The summed E-state index contributed by atoms with van der Waals surface area (Å²) in [6.45, 7) is 5.11. The second kappa shape index (κ2) is 7.59. The van der Waals surface area contributed by atoms with E-state index in [0.717, 1.165) is 35.7 Å². The second-order valence-electron chi connectivity index (χ2n) is 6.49. The molecule has 0 bridgehead atoms. The van der Waals surface area contributed by atoms with E-state index in [9.17, 15) is 9.18 Å². The van der Waals surface area contributed by atoms with E-state index in [0.29, 0.717) is 19.5 Å². The van der Waals surface area contributed by atoms with Crippen LogP contribution in [0.4, 0.5) is 10.2 Å². The van der Waals surface area contributed by atoms with Gasteiger partial charge in [-0.05, 0) is 31.0 Å². The lowest BCUT2D eigenvalue weighted by molar-refractivity contribution is -0.128. The van der Waals surface area contributed by atoms with Crippen LogP contribution < -0.4 is 5.32 Å². The molecule has 0 saturated carbocycles. The van der Waals surface area contributed by atoms with Crippen molar-refractivity contribution in [3.05, 3.63) is 53.2 Å². The first-order valence-corrected chi connectivity index (χ1v) is 8.67. The van der Waals surface area contributed by atoms with Crippen molar-refractivity contribution in [2.24, 2.45) is 0 Å². The van der Waals surface area contributed by atoms with Gasteiger partial charge in [-0.2, -0.15) is 0 Å². The van der Waals surface area contributed by atoms with Crippen LogP contribution in [0.1, 0.15) is 36.8 Å². The van der Waals surface area contributed by atoms with Gasteiger partial charge in [-0.3, -0.25) is 4.79 Å². The molecule has 1 fully saturated rings. The Kier molecular flexibility index (Phi) is 5.26. The van der Waals surface area contributed by atoms with Crippen LogP contribution in [-0.2, 0) is 17.8 Å². The zero-order valence-electron chi connectivity index (χ0n) is 14.6. The predicted octanol–water partition coefficient (Wildman–Crippen LogP) is 3.09. The van der Waals surface area contributed by atoms with Crippen molar-refractivity contribution in [2.45, 2.75) is 45.7 Å². The van der Waals surface area contributed by atoms with Crippen LogP contribution in [-0.4, -0.2) is 33.4 Å². The number of carbonyl (C=O) groups excluding carboxylic acids is 1. The van der Waals surface area contributed by atoms with E-state index in [-0.39, 0.29) is 17.8 Å². The average Bonchev–Trinajstić information content (AvgIpc) is 2.88. The van der Waals surface area contributed by atoms with Crippen LogP contribution in [0.25, 0.3) is 0 Å². The highest BCUT2D eigenvalue weighted by Crippen LogP contribution is 2.19. The predicted molar refractivity (Wildman–Crippen MR) is 94.6 cm³/mol. The molecule has 1 saturated heterocycles. The number of aromatic nitrogens is 2. The van der Waals surface area contributed by atoms with Crippen LogP contribution in [0.3, 0.4) is 0 Å². The van der Waals surface area contributed by atoms with E-state index in [2.05, 4.69) is 22.2 Å². The average molecular weight is 342 g/mol. The normalized spacial score (nSPS) is 17.2. The highest BCUT2D eigenvalue weighted by Gasteiger charge is 2.29. The summed E-state index contributed by atoms with van der Waals surface area (Å²) in [5, 5.41) is 3.36. The third-order valence-corrected chi connectivity index (χ3v) is 4.25. The Hall–Kier alpha value is -2.50. The van der Waals surface area contributed by atoms with Gasteiger partial charge in [0.1, 0.15) is 17.5 Å². The Bertz CT molecular complexity index is 748. The van der Waals surface area contributed by atoms with Crippen LogP contribution >= 0.6 is 0 Å². The standard InChI is InChI=1S/C19H23FN4O/c1-3-4-16-9-18(22-13(2)21-16)23-17-10-19(25)24(12-17)11-14-5-7-15(20)8-6-14/h5-9,17H,3-4,10-12H2,1-2H3,(H,21,22,23). The number of hydrogen-bond acceptors (Lipinski definition) is 4. The van der Waals surface area contributed by atoms with Crippen molar-refractivity contribution in [2.75, 3.05) is 11.9 Å². The number of likely N-dealkylation sites (tertiary alicyclic amines) is 1. The molecule has 1 aromatic carbocycles. The molecule has 1 amide bonds. The maximum Gasteiger partial charge on any atom is 0.225 e. The quantitative estimate of drug-likeness (QED) is 0.876. The van der Waals surface area contributed by atoms with Gasteiger partial charge in [0.25, 0.3) is 0 Å². The number of amides is 1. The second-order valence-corrected chi connectivity index (χ2v) is 6.49. The molecule has 0 aliphatic carbocycles. The molecule has 132 valence electrons. The SMILES string of the molecule is CCCc1cc(NC2CC(=O)N(Cc3ccc(F)cc3)C2)nc(C)n1. The summed E-state index contributed by atoms with van der Waals surface area (Å²) in [6, 6.07) is 8.26. The molecule has 25 heavy (non-hydrogen) atoms. The molecule has 1 atom stereocenters. The van der Waals surface area contributed by atoms with E-state index in [1.807, 2.05) is 13.0 Å². The maximum atomic E-state index is 13.0. The number of anilines is 1. The van der Waals surface area contributed by atoms with Crippen LogP contribution in [0.5, 0.6) is 0 Å². The third-order valence-electron chi connectivity index (χ3n) is 4.25. The van der Waals surface area contributed by atoms with Gasteiger partial charge in [-0.1, -0.05) is 25.5 Å². The Morgan fingerprint density at radius 2 is 2.04 bits per heavy atom. The number of nitrogens with zero attached hydrogens (tertiary/aromatic N) is 3. The molecule has 5 nitrogen and oxygen atoms in total. The number of carbonyl (C=O) groups is 1. The number of halogens is 1. The van der Waals surface area contributed by atoms with Gasteiger partial charge in [0.15, 0.2) is 0 Å². The Balaban J connectivity index is 1.63.